The number of imide groups is 1. The number of fused-ring (bicyclic) bond motifs is 1. The second-order valence-corrected chi connectivity index (χ2v) is 6.77. The molecule has 10 heteroatoms. The second kappa shape index (κ2) is 8.15. The summed E-state index contributed by atoms with van der Waals surface area (Å²) in [5.41, 5.74) is 0.186. The van der Waals surface area contributed by atoms with E-state index in [1.807, 2.05) is 0 Å². The summed E-state index contributed by atoms with van der Waals surface area (Å²) in [6.45, 7) is -1.10. The quantitative estimate of drug-likeness (QED) is 0.335. The van der Waals surface area contributed by atoms with Gasteiger partial charge in [0.05, 0.1) is 16.8 Å². The van der Waals surface area contributed by atoms with Crippen LogP contribution in [0.5, 0.6) is 0 Å². The van der Waals surface area contributed by atoms with Gasteiger partial charge < -0.3 is 10.1 Å². The molecule has 1 aliphatic heterocycles. The molecule has 0 aromatic heterocycles. The minimum Gasteiger partial charge on any atom is -0.454 e. The first-order valence-electron chi connectivity index (χ1n) is 8.92. The van der Waals surface area contributed by atoms with Gasteiger partial charge in [-0.25, -0.2) is 0 Å². The Balaban J connectivity index is 1.47. The van der Waals surface area contributed by atoms with E-state index in [4.69, 9.17) is 4.74 Å². The average Bonchev–Trinajstić information content (AvgIpc) is 2.92. The minimum atomic E-state index is -0.848. The topological polar surface area (TPSA) is 136 Å². The number of nitrogens with one attached hydrogen (secondary N) is 1. The van der Waals surface area contributed by atoms with E-state index in [2.05, 4.69) is 5.32 Å². The van der Waals surface area contributed by atoms with Gasteiger partial charge in [-0.1, -0.05) is 12.8 Å². The van der Waals surface area contributed by atoms with Gasteiger partial charge >= 0.3 is 5.97 Å². The summed E-state index contributed by atoms with van der Waals surface area (Å²) >= 11 is 0. The number of nitrogens with zero attached hydrogens (tertiary/aromatic N) is 2. The van der Waals surface area contributed by atoms with Crippen molar-refractivity contribution in [3.05, 3.63) is 34.4 Å². The Hall–Kier alpha value is -3.30. The highest BCUT2D eigenvalue weighted by atomic mass is 16.6. The third-order valence-electron chi connectivity index (χ3n) is 4.95. The molecule has 3 amide bonds. The summed E-state index contributed by atoms with van der Waals surface area (Å²) in [5.74, 6) is -2.88. The third kappa shape index (κ3) is 4.16. The Kier molecular flexibility index (Phi) is 5.67. The molecule has 3 rings (SSSR count). The molecular formula is C18H19N3O7. The normalized spacial score (nSPS) is 21.2. The number of anilines is 1. The van der Waals surface area contributed by atoms with Crippen molar-refractivity contribution in [1.82, 2.24) is 4.90 Å². The zero-order valence-electron chi connectivity index (χ0n) is 15.0. The fourth-order valence-electron chi connectivity index (χ4n) is 3.57. The summed E-state index contributed by atoms with van der Waals surface area (Å²) in [5, 5.41) is 13.0. The SMILES string of the molecule is O=C(COC(=O)CN1C(=O)C2CCCCC2C1=O)Nc1ccc([N+](=O)[O-])cc1. The summed E-state index contributed by atoms with van der Waals surface area (Å²) in [6, 6.07) is 5.15. The Morgan fingerprint density at radius 2 is 1.68 bits per heavy atom. The summed E-state index contributed by atoms with van der Waals surface area (Å²) in [4.78, 5) is 59.4. The van der Waals surface area contributed by atoms with E-state index >= 15 is 0 Å². The van der Waals surface area contributed by atoms with E-state index in [1.165, 1.54) is 24.3 Å². The van der Waals surface area contributed by atoms with Crippen LogP contribution in [-0.4, -0.2) is 46.7 Å². The highest BCUT2D eigenvalue weighted by Crippen LogP contribution is 2.37. The zero-order chi connectivity index (χ0) is 20.3. The maximum atomic E-state index is 12.3. The zero-order valence-corrected chi connectivity index (χ0v) is 15.0. The molecule has 1 saturated heterocycles. The van der Waals surface area contributed by atoms with Crippen LogP contribution in [0.3, 0.4) is 0 Å². The fraction of sp³-hybridized carbons (Fsp3) is 0.444. The predicted octanol–water partition coefficient (Wildman–Crippen LogP) is 1.25. The van der Waals surface area contributed by atoms with E-state index in [0.29, 0.717) is 18.5 Å². The molecule has 0 bridgehead atoms. The van der Waals surface area contributed by atoms with Crippen LogP contribution in [-0.2, 0) is 23.9 Å². The summed E-state index contributed by atoms with van der Waals surface area (Å²) in [7, 11) is 0. The van der Waals surface area contributed by atoms with E-state index in [1.54, 1.807) is 0 Å². The Morgan fingerprint density at radius 1 is 1.11 bits per heavy atom. The standard InChI is InChI=1S/C18H19N3O7/c22-15(19-11-5-7-12(8-6-11)21(26)27)10-28-16(23)9-20-17(24)13-3-1-2-4-14(13)18(20)25/h5-8,13-14H,1-4,9-10H2,(H,19,22). The number of carbonyl (C=O) groups is 4. The molecular weight excluding hydrogens is 370 g/mol. The van der Waals surface area contributed by atoms with Crippen LogP contribution in [0.2, 0.25) is 0 Å². The van der Waals surface area contributed by atoms with Gasteiger partial charge in [-0.15, -0.1) is 0 Å². The molecule has 1 saturated carbocycles. The van der Waals surface area contributed by atoms with Crippen LogP contribution in [0.1, 0.15) is 25.7 Å². The van der Waals surface area contributed by atoms with Crippen molar-refractivity contribution < 1.29 is 28.8 Å². The molecule has 1 aromatic carbocycles. The van der Waals surface area contributed by atoms with Gasteiger partial charge in [-0.05, 0) is 25.0 Å². The average molecular weight is 389 g/mol. The van der Waals surface area contributed by atoms with Gasteiger partial charge in [0.2, 0.25) is 11.8 Å². The van der Waals surface area contributed by atoms with Crippen LogP contribution in [0, 0.1) is 22.0 Å². The molecule has 2 atom stereocenters. The van der Waals surface area contributed by atoms with Crippen LogP contribution >= 0.6 is 0 Å². The summed E-state index contributed by atoms with van der Waals surface area (Å²) in [6.07, 6.45) is 3.08. The minimum absolute atomic E-state index is 0.120. The first-order valence-corrected chi connectivity index (χ1v) is 8.92. The highest BCUT2D eigenvalue weighted by Gasteiger charge is 2.48. The van der Waals surface area contributed by atoms with Crippen LogP contribution in [0.15, 0.2) is 24.3 Å². The van der Waals surface area contributed by atoms with E-state index in [0.717, 1.165) is 17.7 Å². The Bertz CT molecular complexity index is 797. The van der Waals surface area contributed by atoms with Gasteiger partial charge in [0.15, 0.2) is 6.61 Å². The molecule has 1 aromatic rings. The first kappa shape index (κ1) is 19.5. The molecule has 0 radical (unpaired) electrons. The number of amides is 3. The number of likely N-dealkylation sites (tertiary alicyclic amines) is 1. The van der Waals surface area contributed by atoms with Crippen molar-refractivity contribution >= 4 is 35.1 Å². The molecule has 2 unspecified atom stereocenters. The number of benzene rings is 1. The number of ether oxygens (including phenoxy) is 1. The van der Waals surface area contributed by atoms with Crippen LogP contribution in [0.4, 0.5) is 11.4 Å². The van der Waals surface area contributed by atoms with Crippen molar-refractivity contribution in [3.8, 4) is 0 Å². The lowest BCUT2D eigenvalue weighted by molar-refractivity contribution is -0.384. The number of hydrogen-bond donors (Lipinski definition) is 1. The molecule has 148 valence electrons. The lowest BCUT2D eigenvalue weighted by atomic mass is 9.81. The van der Waals surface area contributed by atoms with Crippen molar-refractivity contribution in [2.45, 2.75) is 25.7 Å². The molecule has 2 aliphatic rings. The number of non-ortho nitro benzene ring substituents is 1. The van der Waals surface area contributed by atoms with E-state index in [-0.39, 0.29) is 29.3 Å². The fourth-order valence-corrected chi connectivity index (χ4v) is 3.57. The van der Waals surface area contributed by atoms with Gasteiger partial charge in [0.25, 0.3) is 11.6 Å². The van der Waals surface area contributed by atoms with Crippen LogP contribution in [0.25, 0.3) is 0 Å². The molecule has 1 aliphatic carbocycles. The van der Waals surface area contributed by atoms with Gasteiger partial charge in [0, 0.05) is 17.8 Å². The van der Waals surface area contributed by atoms with Crippen molar-refractivity contribution in [2.24, 2.45) is 11.8 Å². The molecule has 1 heterocycles. The second-order valence-electron chi connectivity index (χ2n) is 6.77. The summed E-state index contributed by atoms with van der Waals surface area (Å²) < 4.78 is 4.84. The van der Waals surface area contributed by atoms with Gasteiger partial charge in [-0.3, -0.25) is 34.2 Å². The highest BCUT2D eigenvalue weighted by molar-refractivity contribution is 6.07. The largest absolute Gasteiger partial charge is 0.454 e. The van der Waals surface area contributed by atoms with Gasteiger partial charge in [0.1, 0.15) is 6.54 Å². The lowest BCUT2D eigenvalue weighted by Gasteiger charge is -2.19. The molecule has 10 nitrogen and oxygen atoms in total. The number of nitro benzene ring substituents is 1. The van der Waals surface area contributed by atoms with Crippen molar-refractivity contribution in [3.63, 3.8) is 0 Å². The number of carbonyl (C=O) groups excluding carboxylic acids is 4. The molecule has 2 fully saturated rings. The maximum absolute atomic E-state index is 12.3. The molecule has 28 heavy (non-hydrogen) atoms. The monoisotopic (exact) mass is 389 g/mol. The van der Waals surface area contributed by atoms with Gasteiger partial charge in [-0.2, -0.15) is 0 Å². The number of hydrogen-bond acceptors (Lipinski definition) is 7. The maximum Gasteiger partial charge on any atom is 0.326 e. The number of nitro groups is 1. The number of esters is 1. The van der Waals surface area contributed by atoms with Crippen LogP contribution < -0.4 is 5.32 Å². The smallest absolute Gasteiger partial charge is 0.326 e. The number of rotatable bonds is 6. The van der Waals surface area contributed by atoms with E-state index in [9.17, 15) is 29.3 Å². The Labute approximate surface area is 160 Å². The predicted molar refractivity (Wildman–Crippen MR) is 94.9 cm³/mol. The molecule has 1 N–H and O–H groups in total. The van der Waals surface area contributed by atoms with Crippen molar-refractivity contribution in [1.29, 1.82) is 0 Å². The van der Waals surface area contributed by atoms with E-state index < -0.39 is 30.0 Å². The third-order valence-corrected chi connectivity index (χ3v) is 4.95. The first-order chi connectivity index (χ1) is 13.4. The lowest BCUT2D eigenvalue weighted by Crippen LogP contribution is -2.37. The Morgan fingerprint density at radius 3 is 2.21 bits per heavy atom. The van der Waals surface area contributed by atoms with Crippen molar-refractivity contribution in [2.75, 3.05) is 18.5 Å². The molecule has 0 spiro atoms.